The van der Waals surface area contributed by atoms with Crippen molar-refractivity contribution in [3.8, 4) is 17.1 Å². The second-order valence-electron chi connectivity index (χ2n) is 4.44. The summed E-state index contributed by atoms with van der Waals surface area (Å²) in [7, 11) is 1.63. The van der Waals surface area contributed by atoms with Crippen LogP contribution in [0.1, 0.15) is 12.8 Å². The van der Waals surface area contributed by atoms with Crippen LogP contribution in [0.5, 0.6) is 5.75 Å². The topological polar surface area (TPSA) is 86.0 Å². The van der Waals surface area contributed by atoms with E-state index >= 15 is 0 Å². The highest BCUT2D eigenvalue weighted by Gasteiger charge is 2.11. The molecule has 0 saturated heterocycles. The minimum absolute atomic E-state index is 0.546. The Bertz CT molecular complexity index is 774. The van der Waals surface area contributed by atoms with Crippen molar-refractivity contribution >= 4 is 28.2 Å². The van der Waals surface area contributed by atoms with Gasteiger partial charge in [-0.25, -0.2) is 0 Å². The van der Waals surface area contributed by atoms with E-state index in [9.17, 15) is 0 Å². The third kappa shape index (κ3) is 3.99. The second kappa shape index (κ2) is 7.42. The predicted molar refractivity (Wildman–Crippen MR) is 89.9 cm³/mol. The lowest BCUT2D eigenvalue weighted by atomic mass is 10.2. The summed E-state index contributed by atoms with van der Waals surface area (Å²) < 4.78 is 11.4. The molecule has 0 aliphatic carbocycles. The number of nitrogens with one attached hydrogen (secondary N) is 1. The van der Waals surface area contributed by atoms with Gasteiger partial charge in [0, 0.05) is 12.1 Å². The Labute approximate surface area is 141 Å². The van der Waals surface area contributed by atoms with E-state index in [-0.39, 0.29) is 0 Å². The number of rotatable bonds is 7. The first-order chi connectivity index (χ1) is 11.3. The van der Waals surface area contributed by atoms with Gasteiger partial charge in [-0.2, -0.15) is 4.98 Å². The lowest BCUT2D eigenvalue weighted by molar-refractivity contribution is 0.391. The quantitative estimate of drug-likeness (QED) is 0.650. The molecule has 0 spiro atoms. The molecule has 0 amide bonds. The molecule has 23 heavy (non-hydrogen) atoms. The Kier molecular flexibility index (Phi) is 5.09. The zero-order valence-corrected chi connectivity index (χ0v) is 14.3. The first-order valence-corrected chi connectivity index (χ1v) is 8.76. The number of hydrogen-bond donors (Lipinski definition) is 1. The number of ether oxygens (including phenoxy) is 1. The van der Waals surface area contributed by atoms with Crippen LogP contribution in [0.15, 0.2) is 33.1 Å². The minimum atomic E-state index is 0.546. The molecule has 0 aliphatic rings. The lowest BCUT2D eigenvalue weighted by Gasteiger charge is -1.99. The van der Waals surface area contributed by atoms with Gasteiger partial charge in [-0.3, -0.25) is 0 Å². The van der Waals surface area contributed by atoms with Crippen molar-refractivity contribution in [2.75, 3.05) is 19.0 Å². The summed E-state index contributed by atoms with van der Waals surface area (Å²) in [6.07, 6.45) is 0. The van der Waals surface area contributed by atoms with Crippen molar-refractivity contribution in [2.24, 2.45) is 0 Å². The molecule has 0 atom stereocenters. The Morgan fingerprint density at radius 2 is 2.26 bits per heavy atom. The molecule has 9 heteroatoms. The number of thioether (sulfide) groups is 1. The fourth-order valence-electron chi connectivity index (χ4n) is 1.81. The Hall–Kier alpha value is -2.13. The molecule has 0 aliphatic heterocycles. The van der Waals surface area contributed by atoms with E-state index in [4.69, 9.17) is 9.26 Å². The SMILES string of the molecule is CCNc1nnc(SCc2nc(-c3cccc(OC)c3)no2)s1. The van der Waals surface area contributed by atoms with Gasteiger partial charge in [-0.1, -0.05) is 40.4 Å². The number of hydrogen-bond acceptors (Lipinski definition) is 9. The van der Waals surface area contributed by atoms with Crippen molar-refractivity contribution in [3.05, 3.63) is 30.2 Å². The van der Waals surface area contributed by atoms with Crippen LogP contribution in [-0.4, -0.2) is 34.0 Å². The molecule has 3 aromatic rings. The molecular formula is C14H15N5O2S2. The van der Waals surface area contributed by atoms with Gasteiger partial charge in [0.15, 0.2) is 4.34 Å². The van der Waals surface area contributed by atoms with E-state index in [1.165, 1.54) is 23.1 Å². The fourth-order valence-corrected chi connectivity index (χ4v) is 3.46. The first-order valence-electron chi connectivity index (χ1n) is 6.95. The van der Waals surface area contributed by atoms with Crippen LogP contribution in [0.4, 0.5) is 5.13 Å². The Morgan fingerprint density at radius 1 is 1.35 bits per heavy atom. The van der Waals surface area contributed by atoms with Crippen LogP contribution in [0, 0.1) is 0 Å². The third-order valence-electron chi connectivity index (χ3n) is 2.85. The molecule has 1 aromatic carbocycles. The summed E-state index contributed by atoms with van der Waals surface area (Å²) >= 11 is 3.03. The highest BCUT2D eigenvalue weighted by atomic mass is 32.2. The average molecular weight is 349 g/mol. The average Bonchev–Trinajstić information content (AvgIpc) is 3.23. The number of aromatic nitrogens is 4. The molecule has 2 aromatic heterocycles. The number of nitrogens with zero attached hydrogens (tertiary/aromatic N) is 4. The van der Waals surface area contributed by atoms with Crippen LogP contribution in [0.2, 0.25) is 0 Å². The van der Waals surface area contributed by atoms with E-state index in [1.807, 2.05) is 31.2 Å². The van der Waals surface area contributed by atoms with Gasteiger partial charge in [0.1, 0.15) is 5.75 Å². The zero-order valence-electron chi connectivity index (χ0n) is 12.6. The molecule has 2 heterocycles. The van der Waals surface area contributed by atoms with E-state index in [2.05, 4.69) is 25.7 Å². The largest absolute Gasteiger partial charge is 0.497 e. The summed E-state index contributed by atoms with van der Waals surface area (Å²) in [5.74, 6) is 2.41. The molecule has 0 bridgehead atoms. The molecule has 0 unspecified atom stereocenters. The summed E-state index contributed by atoms with van der Waals surface area (Å²) in [5.41, 5.74) is 0.856. The number of benzene rings is 1. The molecular weight excluding hydrogens is 334 g/mol. The molecule has 0 radical (unpaired) electrons. The van der Waals surface area contributed by atoms with Crippen LogP contribution in [0.25, 0.3) is 11.4 Å². The van der Waals surface area contributed by atoms with Crippen molar-refractivity contribution in [2.45, 2.75) is 17.0 Å². The fraction of sp³-hybridized carbons (Fsp3) is 0.286. The standard InChI is InChI=1S/C14H15N5O2S2/c1-3-15-13-17-18-14(23-13)22-8-11-16-12(19-21-11)9-5-4-6-10(7-9)20-2/h4-7H,3,8H2,1-2H3,(H,15,17). The van der Waals surface area contributed by atoms with Gasteiger partial charge >= 0.3 is 0 Å². The van der Waals surface area contributed by atoms with Gasteiger partial charge in [-0.05, 0) is 19.1 Å². The molecule has 1 N–H and O–H groups in total. The van der Waals surface area contributed by atoms with Crippen LogP contribution in [0.3, 0.4) is 0 Å². The van der Waals surface area contributed by atoms with Crippen LogP contribution >= 0.6 is 23.1 Å². The highest BCUT2D eigenvalue weighted by Crippen LogP contribution is 2.28. The van der Waals surface area contributed by atoms with E-state index in [0.29, 0.717) is 17.5 Å². The molecule has 0 saturated carbocycles. The van der Waals surface area contributed by atoms with Gasteiger partial charge in [0.25, 0.3) is 0 Å². The van der Waals surface area contributed by atoms with Gasteiger partial charge in [0.05, 0.1) is 12.9 Å². The summed E-state index contributed by atoms with van der Waals surface area (Å²) in [4.78, 5) is 4.40. The maximum atomic E-state index is 5.29. The maximum absolute atomic E-state index is 5.29. The number of anilines is 1. The van der Waals surface area contributed by atoms with Crippen LogP contribution in [-0.2, 0) is 5.75 Å². The van der Waals surface area contributed by atoms with Crippen molar-refractivity contribution < 1.29 is 9.26 Å². The van der Waals surface area contributed by atoms with Gasteiger partial charge in [0.2, 0.25) is 16.8 Å². The first kappa shape index (κ1) is 15.8. The van der Waals surface area contributed by atoms with Crippen molar-refractivity contribution in [1.82, 2.24) is 20.3 Å². The lowest BCUT2D eigenvalue weighted by Crippen LogP contribution is -1.94. The third-order valence-corrected chi connectivity index (χ3v) is 4.85. The van der Waals surface area contributed by atoms with E-state index < -0.39 is 0 Å². The smallest absolute Gasteiger partial charge is 0.237 e. The molecule has 7 nitrogen and oxygen atoms in total. The zero-order chi connectivity index (χ0) is 16.1. The Balaban J connectivity index is 1.64. The Morgan fingerprint density at radius 3 is 3.09 bits per heavy atom. The molecule has 120 valence electrons. The molecule has 3 rings (SSSR count). The normalized spacial score (nSPS) is 10.7. The summed E-state index contributed by atoms with van der Waals surface area (Å²) in [5, 5.41) is 16.1. The highest BCUT2D eigenvalue weighted by molar-refractivity contribution is 8.00. The predicted octanol–water partition coefficient (Wildman–Crippen LogP) is 3.32. The monoisotopic (exact) mass is 349 g/mol. The van der Waals surface area contributed by atoms with Crippen LogP contribution < -0.4 is 10.1 Å². The number of methoxy groups -OCH3 is 1. The molecule has 0 fully saturated rings. The van der Waals surface area contributed by atoms with E-state index in [0.717, 1.165) is 27.3 Å². The summed E-state index contributed by atoms with van der Waals surface area (Å²) in [6.45, 7) is 2.85. The van der Waals surface area contributed by atoms with Crippen molar-refractivity contribution in [3.63, 3.8) is 0 Å². The van der Waals surface area contributed by atoms with Gasteiger partial charge < -0.3 is 14.6 Å². The summed E-state index contributed by atoms with van der Waals surface area (Å²) in [6, 6.07) is 7.55. The minimum Gasteiger partial charge on any atom is -0.497 e. The maximum Gasteiger partial charge on any atom is 0.237 e. The van der Waals surface area contributed by atoms with E-state index in [1.54, 1.807) is 7.11 Å². The second-order valence-corrected chi connectivity index (χ2v) is 6.64. The van der Waals surface area contributed by atoms with Gasteiger partial charge in [-0.15, -0.1) is 10.2 Å². The van der Waals surface area contributed by atoms with Crippen molar-refractivity contribution in [1.29, 1.82) is 0 Å².